The third-order valence-electron chi connectivity index (χ3n) is 4.14. The number of rotatable bonds is 5. The lowest BCUT2D eigenvalue weighted by atomic mass is 10.0. The van der Waals surface area contributed by atoms with Crippen molar-refractivity contribution in [1.82, 2.24) is 10.3 Å². The lowest BCUT2D eigenvalue weighted by molar-refractivity contribution is 0.0930. The highest BCUT2D eigenvalue weighted by Crippen LogP contribution is 2.41. The van der Waals surface area contributed by atoms with Crippen LogP contribution in [0.25, 0.3) is 0 Å². The summed E-state index contributed by atoms with van der Waals surface area (Å²) in [6, 6.07) is 7.95. The van der Waals surface area contributed by atoms with E-state index in [2.05, 4.69) is 10.3 Å². The predicted molar refractivity (Wildman–Crippen MR) is 84.9 cm³/mol. The Kier molecular flexibility index (Phi) is 4.28. The van der Waals surface area contributed by atoms with E-state index in [1.54, 1.807) is 12.3 Å². The van der Waals surface area contributed by atoms with Crippen LogP contribution in [0.5, 0.6) is 5.75 Å². The molecule has 1 fully saturated rings. The topological polar surface area (TPSA) is 51.2 Å². The molecule has 0 bridgehead atoms. The molecule has 1 aromatic heterocycles. The van der Waals surface area contributed by atoms with E-state index in [1.165, 1.54) is 19.2 Å². The summed E-state index contributed by atoms with van der Waals surface area (Å²) in [6.45, 7) is 1.98. The summed E-state index contributed by atoms with van der Waals surface area (Å²) in [7, 11) is 1.39. The molecule has 1 aromatic carbocycles. The Labute approximate surface area is 134 Å². The lowest BCUT2D eigenvalue weighted by Crippen LogP contribution is -2.31. The Bertz CT molecular complexity index is 729. The number of ether oxygens (including phenoxy) is 1. The van der Waals surface area contributed by atoms with Crippen LogP contribution in [0.4, 0.5) is 4.39 Å². The zero-order valence-electron chi connectivity index (χ0n) is 13.2. The van der Waals surface area contributed by atoms with E-state index in [1.807, 2.05) is 19.1 Å². The average molecular weight is 314 g/mol. The number of amides is 1. The third-order valence-corrected chi connectivity index (χ3v) is 4.14. The van der Waals surface area contributed by atoms with E-state index in [-0.39, 0.29) is 23.3 Å². The molecule has 3 rings (SSSR count). The second kappa shape index (κ2) is 6.36. The Morgan fingerprint density at radius 2 is 2.17 bits per heavy atom. The monoisotopic (exact) mass is 314 g/mol. The van der Waals surface area contributed by atoms with Crippen molar-refractivity contribution in [3.05, 3.63) is 59.2 Å². The zero-order valence-corrected chi connectivity index (χ0v) is 13.2. The molecule has 4 nitrogen and oxygen atoms in total. The second-order valence-corrected chi connectivity index (χ2v) is 5.84. The van der Waals surface area contributed by atoms with Crippen LogP contribution < -0.4 is 10.1 Å². The summed E-state index contributed by atoms with van der Waals surface area (Å²) < 4.78 is 18.7. The number of carbonyl (C=O) groups is 1. The molecule has 23 heavy (non-hydrogen) atoms. The van der Waals surface area contributed by atoms with Gasteiger partial charge in [0.1, 0.15) is 0 Å². The van der Waals surface area contributed by atoms with E-state index in [0.717, 1.165) is 24.1 Å². The third kappa shape index (κ3) is 3.33. The fraction of sp³-hybridized carbons (Fsp3) is 0.333. The lowest BCUT2D eigenvalue weighted by Gasteiger charge is -2.19. The molecular weight excluding hydrogens is 295 g/mol. The summed E-state index contributed by atoms with van der Waals surface area (Å²) in [4.78, 5) is 16.9. The fourth-order valence-corrected chi connectivity index (χ4v) is 2.69. The van der Waals surface area contributed by atoms with Gasteiger partial charge in [0.25, 0.3) is 5.91 Å². The second-order valence-electron chi connectivity index (χ2n) is 5.84. The molecule has 5 heteroatoms. The maximum atomic E-state index is 13.8. The predicted octanol–water partition coefficient (Wildman–Crippen LogP) is 3.42. The number of methoxy groups -OCH3 is 1. The van der Waals surface area contributed by atoms with Crippen molar-refractivity contribution in [2.75, 3.05) is 7.11 Å². The van der Waals surface area contributed by atoms with Gasteiger partial charge in [-0.2, -0.15) is 0 Å². The highest BCUT2D eigenvalue weighted by Gasteiger charge is 2.35. The molecule has 1 N–H and O–H groups in total. The van der Waals surface area contributed by atoms with E-state index in [4.69, 9.17) is 4.74 Å². The molecule has 1 atom stereocenters. The highest BCUT2D eigenvalue weighted by molar-refractivity contribution is 5.94. The average Bonchev–Trinajstić information content (AvgIpc) is 3.38. The first-order chi connectivity index (χ1) is 11.1. The summed E-state index contributed by atoms with van der Waals surface area (Å²) in [5.74, 6) is -0.317. The number of benzene rings is 1. The van der Waals surface area contributed by atoms with Crippen molar-refractivity contribution in [1.29, 1.82) is 0 Å². The van der Waals surface area contributed by atoms with Gasteiger partial charge in [0.2, 0.25) is 0 Å². The van der Waals surface area contributed by atoms with Gasteiger partial charge in [0.05, 0.1) is 18.8 Å². The standard InChI is InChI=1S/C18H19FN2O2/c1-11-4-3-9-20-16(11)17(12-5-6-12)21-18(22)13-7-8-15(23-2)14(19)10-13/h3-4,7-10,12,17H,5-6H2,1-2H3,(H,21,22)/t17-/m1/s1. The Morgan fingerprint density at radius 3 is 2.78 bits per heavy atom. The summed E-state index contributed by atoms with van der Waals surface area (Å²) in [5, 5.41) is 3.01. The molecule has 0 radical (unpaired) electrons. The summed E-state index contributed by atoms with van der Waals surface area (Å²) in [6.07, 6.45) is 3.87. The van der Waals surface area contributed by atoms with E-state index >= 15 is 0 Å². The number of pyridine rings is 1. The van der Waals surface area contributed by atoms with Crippen molar-refractivity contribution < 1.29 is 13.9 Å². The number of halogens is 1. The smallest absolute Gasteiger partial charge is 0.251 e. The molecule has 1 amide bonds. The van der Waals surface area contributed by atoms with Gasteiger partial charge in [0.15, 0.2) is 11.6 Å². The maximum Gasteiger partial charge on any atom is 0.251 e. The molecule has 0 spiro atoms. The molecule has 1 saturated carbocycles. The largest absolute Gasteiger partial charge is 0.494 e. The maximum absolute atomic E-state index is 13.8. The van der Waals surface area contributed by atoms with Crippen LogP contribution in [0.15, 0.2) is 36.5 Å². The Balaban J connectivity index is 1.82. The SMILES string of the molecule is COc1ccc(C(=O)N[C@@H](c2ncccc2C)C2CC2)cc1F. The van der Waals surface area contributed by atoms with Crippen molar-refractivity contribution in [3.63, 3.8) is 0 Å². The Morgan fingerprint density at radius 1 is 1.39 bits per heavy atom. The van der Waals surface area contributed by atoms with Gasteiger partial charge in [-0.05, 0) is 55.5 Å². The first kappa shape index (κ1) is 15.5. The number of hydrogen-bond donors (Lipinski definition) is 1. The van der Waals surface area contributed by atoms with Crippen LogP contribution in [0.3, 0.4) is 0 Å². The van der Waals surface area contributed by atoms with Crippen LogP contribution in [0.1, 0.15) is 40.5 Å². The van der Waals surface area contributed by atoms with Gasteiger partial charge in [-0.3, -0.25) is 9.78 Å². The van der Waals surface area contributed by atoms with Crippen LogP contribution in [0, 0.1) is 18.7 Å². The van der Waals surface area contributed by atoms with E-state index in [9.17, 15) is 9.18 Å². The number of aromatic nitrogens is 1. The number of hydrogen-bond acceptors (Lipinski definition) is 3. The fourth-order valence-electron chi connectivity index (χ4n) is 2.69. The van der Waals surface area contributed by atoms with Crippen LogP contribution >= 0.6 is 0 Å². The molecule has 1 heterocycles. The summed E-state index contributed by atoms with van der Waals surface area (Å²) >= 11 is 0. The van der Waals surface area contributed by atoms with Gasteiger partial charge in [-0.1, -0.05) is 6.07 Å². The molecule has 0 aliphatic heterocycles. The van der Waals surface area contributed by atoms with Gasteiger partial charge in [-0.15, -0.1) is 0 Å². The molecular formula is C18H19FN2O2. The number of nitrogens with one attached hydrogen (secondary N) is 1. The molecule has 0 unspecified atom stereocenters. The minimum Gasteiger partial charge on any atom is -0.494 e. The first-order valence-electron chi connectivity index (χ1n) is 7.66. The molecule has 120 valence electrons. The van der Waals surface area contributed by atoms with Crippen molar-refractivity contribution >= 4 is 5.91 Å². The van der Waals surface area contributed by atoms with Gasteiger partial charge < -0.3 is 10.1 Å². The number of nitrogens with zero attached hydrogens (tertiary/aromatic N) is 1. The zero-order chi connectivity index (χ0) is 16.4. The molecule has 1 aliphatic carbocycles. The molecule has 2 aromatic rings. The van der Waals surface area contributed by atoms with Crippen molar-refractivity contribution in [3.8, 4) is 5.75 Å². The minimum absolute atomic E-state index is 0.126. The quantitative estimate of drug-likeness (QED) is 0.920. The van der Waals surface area contributed by atoms with E-state index < -0.39 is 5.82 Å². The number of carbonyl (C=O) groups excluding carboxylic acids is 1. The van der Waals surface area contributed by atoms with Crippen LogP contribution in [-0.4, -0.2) is 18.0 Å². The normalized spacial score (nSPS) is 15.1. The highest BCUT2D eigenvalue weighted by atomic mass is 19.1. The van der Waals surface area contributed by atoms with Crippen LogP contribution in [-0.2, 0) is 0 Å². The van der Waals surface area contributed by atoms with Crippen molar-refractivity contribution in [2.45, 2.75) is 25.8 Å². The van der Waals surface area contributed by atoms with Gasteiger partial charge >= 0.3 is 0 Å². The minimum atomic E-state index is -0.544. The van der Waals surface area contributed by atoms with Gasteiger partial charge in [-0.25, -0.2) is 4.39 Å². The van der Waals surface area contributed by atoms with Gasteiger partial charge in [0, 0.05) is 11.8 Å². The Hall–Kier alpha value is -2.43. The van der Waals surface area contributed by atoms with Crippen molar-refractivity contribution in [2.24, 2.45) is 5.92 Å². The summed E-state index contributed by atoms with van der Waals surface area (Å²) in [5.41, 5.74) is 2.21. The number of aryl methyl sites for hydroxylation is 1. The molecule has 1 aliphatic rings. The van der Waals surface area contributed by atoms with Crippen LogP contribution in [0.2, 0.25) is 0 Å². The first-order valence-corrected chi connectivity index (χ1v) is 7.66. The molecule has 0 saturated heterocycles. The van der Waals surface area contributed by atoms with E-state index in [0.29, 0.717) is 5.92 Å².